The topological polar surface area (TPSA) is 54.1 Å². The molecule has 0 aliphatic carbocycles. The molecular formula is C21H21FN4. The van der Waals surface area contributed by atoms with E-state index >= 15 is 0 Å². The summed E-state index contributed by atoms with van der Waals surface area (Å²) in [4.78, 5) is 4.64. The smallest absolute Gasteiger partial charge is 0.127 e. The van der Waals surface area contributed by atoms with E-state index in [-0.39, 0.29) is 5.82 Å². The Balaban J connectivity index is 1.60. The van der Waals surface area contributed by atoms with Crippen molar-refractivity contribution in [2.75, 3.05) is 19.6 Å². The zero-order valence-electron chi connectivity index (χ0n) is 14.8. The molecule has 2 aromatic carbocycles. The highest BCUT2D eigenvalue weighted by Crippen LogP contribution is 2.19. The molecular weight excluding hydrogens is 327 g/mol. The molecule has 0 radical (unpaired) electrons. The molecule has 1 saturated heterocycles. The molecule has 1 heterocycles. The molecule has 4 nitrogen and oxygen atoms in total. The lowest BCUT2D eigenvalue weighted by Crippen LogP contribution is -2.51. The fraction of sp³-hybridized carbons (Fsp3) is 0.333. The summed E-state index contributed by atoms with van der Waals surface area (Å²) in [6.07, 6.45) is 0. The second kappa shape index (κ2) is 8.10. The normalized spacial score (nSPS) is 18.2. The summed E-state index contributed by atoms with van der Waals surface area (Å²) in [6.45, 7) is 6.18. The van der Waals surface area contributed by atoms with Gasteiger partial charge in [0.25, 0.3) is 0 Å². The molecule has 1 fully saturated rings. The van der Waals surface area contributed by atoms with Crippen molar-refractivity contribution in [1.29, 1.82) is 10.5 Å². The van der Waals surface area contributed by atoms with E-state index in [9.17, 15) is 4.39 Å². The maximum absolute atomic E-state index is 14.0. The Labute approximate surface area is 153 Å². The Bertz CT molecular complexity index is 848. The third-order valence-corrected chi connectivity index (χ3v) is 4.89. The zero-order valence-corrected chi connectivity index (χ0v) is 14.8. The van der Waals surface area contributed by atoms with Crippen LogP contribution in [0.3, 0.4) is 0 Å². The molecule has 0 spiro atoms. The third-order valence-electron chi connectivity index (χ3n) is 4.89. The predicted octanol–water partition coefficient (Wildman–Crippen LogP) is 3.28. The summed E-state index contributed by atoms with van der Waals surface area (Å²) in [6, 6.07) is 16.7. The van der Waals surface area contributed by atoms with E-state index in [2.05, 4.69) is 28.9 Å². The minimum atomic E-state index is -0.254. The van der Waals surface area contributed by atoms with Gasteiger partial charge in [0.15, 0.2) is 0 Å². The number of hydrogen-bond acceptors (Lipinski definition) is 4. The summed E-state index contributed by atoms with van der Waals surface area (Å²) in [5.74, 6) is -0.254. The van der Waals surface area contributed by atoms with Crippen LogP contribution in [0, 0.1) is 28.5 Å². The van der Waals surface area contributed by atoms with Gasteiger partial charge in [-0.05, 0) is 42.8 Å². The molecule has 5 heteroatoms. The first-order valence-electron chi connectivity index (χ1n) is 8.73. The van der Waals surface area contributed by atoms with Crippen LogP contribution < -0.4 is 0 Å². The van der Waals surface area contributed by atoms with Gasteiger partial charge in [-0.25, -0.2) is 4.39 Å². The van der Waals surface area contributed by atoms with Crippen LogP contribution in [0.2, 0.25) is 0 Å². The van der Waals surface area contributed by atoms with Gasteiger partial charge in [0.1, 0.15) is 5.82 Å². The van der Waals surface area contributed by atoms with Crippen molar-refractivity contribution in [3.63, 3.8) is 0 Å². The predicted molar refractivity (Wildman–Crippen MR) is 97.4 cm³/mol. The van der Waals surface area contributed by atoms with E-state index in [1.54, 1.807) is 6.07 Å². The highest BCUT2D eigenvalue weighted by molar-refractivity contribution is 5.34. The van der Waals surface area contributed by atoms with E-state index in [1.165, 1.54) is 17.7 Å². The van der Waals surface area contributed by atoms with Crippen molar-refractivity contribution in [3.8, 4) is 12.1 Å². The van der Waals surface area contributed by atoms with Gasteiger partial charge in [-0.3, -0.25) is 9.80 Å². The largest absolute Gasteiger partial charge is 0.296 e. The van der Waals surface area contributed by atoms with Gasteiger partial charge in [-0.15, -0.1) is 0 Å². The molecule has 3 rings (SSSR count). The number of nitrogens with zero attached hydrogens (tertiary/aromatic N) is 4. The van der Waals surface area contributed by atoms with Crippen LogP contribution in [0.5, 0.6) is 0 Å². The number of halogens is 1. The van der Waals surface area contributed by atoms with Crippen molar-refractivity contribution in [2.24, 2.45) is 0 Å². The van der Waals surface area contributed by atoms with E-state index in [0.29, 0.717) is 29.3 Å². The van der Waals surface area contributed by atoms with Crippen molar-refractivity contribution in [2.45, 2.75) is 26.1 Å². The quantitative estimate of drug-likeness (QED) is 0.851. The van der Waals surface area contributed by atoms with Gasteiger partial charge in [0.05, 0.1) is 23.3 Å². The molecule has 0 bridgehead atoms. The lowest BCUT2D eigenvalue weighted by Gasteiger charge is -2.40. The SMILES string of the molecule is C[C@H]1CN(Cc2ccc(C#N)cc2)CCN1Cc1cc(C#N)ccc1F. The van der Waals surface area contributed by atoms with Gasteiger partial charge >= 0.3 is 0 Å². The Kier molecular flexibility index (Phi) is 5.63. The average Bonchev–Trinajstić information content (AvgIpc) is 2.66. The first-order chi connectivity index (χ1) is 12.6. The van der Waals surface area contributed by atoms with E-state index in [1.807, 2.05) is 24.3 Å². The van der Waals surface area contributed by atoms with Crippen LogP contribution in [0.15, 0.2) is 42.5 Å². The highest BCUT2D eigenvalue weighted by Gasteiger charge is 2.24. The molecule has 1 atom stereocenters. The minimum Gasteiger partial charge on any atom is -0.296 e. The van der Waals surface area contributed by atoms with Crippen LogP contribution in [-0.4, -0.2) is 35.5 Å². The number of nitriles is 2. The third kappa shape index (κ3) is 4.26. The Hall–Kier alpha value is -2.73. The summed E-state index contributed by atoms with van der Waals surface area (Å²) >= 11 is 0. The number of benzene rings is 2. The molecule has 0 amide bonds. The number of hydrogen-bond donors (Lipinski definition) is 0. The average molecular weight is 348 g/mol. The molecule has 1 aliphatic rings. The molecule has 132 valence electrons. The molecule has 0 unspecified atom stereocenters. The molecule has 26 heavy (non-hydrogen) atoms. The van der Waals surface area contributed by atoms with Gasteiger partial charge in [0.2, 0.25) is 0 Å². The summed E-state index contributed by atoms with van der Waals surface area (Å²) < 4.78 is 14.0. The van der Waals surface area contributed by atoms with Crippen molar-refractivity contribution in [3.05, 3.63) is 70.5 Å². The second-order valence-electron chi connectivity index (χ2n) is 6.78. The number of rotatable bonds is 4. The fourth-order valence-electron chi connectivity index (χ4n) is 3.38. The van der Waals surface area contributed by atoms with Crippen LogP contribution >= 0.6 is 0 Å². The minimum absolute atomic E-state index is 0.254. The summed E-state index contributed by atoms with van der Waals surface area (Å²) in [7, 11) is 0. The monoisotopic (exact) mass is 348 g/mol. The summed E-state index contributed by atoms with van der Waals surface area (Å²) in [5.41, 5.74) is 2.94. The van der Waals surface area contributed by atoms with E-state index < -0.39 is 0 Å². The maximum Gasteiger partial charge on any atom is 0.127 e. The van der Waals surface area contributed by atoms with Crippen molar-refractivity contribution in [1.82, 2.24) is 9.80 Å². The molecule has 2 aromatic rings. The second-order valence-corrected chi connectivity index (χ2v) is 6.78. The first kappa shape index (κ1) is 18.1. The first-order valence-corrected chi connectivity index (χ1v) is 8.73. The van der Waals surface area contributed by atoms with Gasteiger partial charge in [-0.1, -0.05) is 12.1 Å². The molecule has 1 aliphatic heterocycles. The van der Waals surface area contributed by atoms with Crippen LogP contribution in [0.1, 0.15) is 29.2 Å². The zero-order chi connectivity index (χ0) is 18.5. The lowest BCUT2D eigenvalue weighted by atomic mass is 10.1. The standard InChI is InChI=1S/C21H21FN4/c1-16-13-25(14-18-4-2-17(11-23)3-5-18)8-9-26(16)15-20-10-19(12-24)6-7-21(20)22/h2-7,10,16H,8-9,13-15H2,1H3/t16-/m0/s1. The summed E-state index contributed by atoms with van der Waals surface area (Å²) in [5, 5.41) is 17.9. The van der Waals surface area contributed by atoms with Gasteiger partial charge in [0, 0.05) is 44.3 Å². The Morgan fingerprint density at radius 2 is 1.69 bits per heavy atom. The van der Waals surface area contributed by atoms with Gasteiger partial charge < -0.3 is 0 Å². The van der Waals surface area contributed by atoms with Crippen molar-refractivity contribution >= 4 is 0 Å². The fourth-order valence-corrected chi connectivity index (χ4v) is 3.38. The van der Waals surface area contributed by atoms with E-state index in [0.717, 1.165) is 26.2 Å². The highest BCUT2D eigenvalue weighted by atomic mass is 19.1. The number of piperazine rings is 1. The van der Waals surface area contributed by atoms with E-state index in [4.69, 9.17) is 10.5 Å². The van der Waals surface area contributed by atoms with Crippen LogP contribution in [-0.2, 0) is 13.1 Å². The maximum atomic E-state index is 14.0. The lowest BCUT2D eigenvalue weighted by molar-refractivity contribution is 0.0725. The van der Waals surface area contributed by atoms with Gasteiger partial charge in [-0.2, -0.15) is 10.5 Å². The Morgan fingerprint density at radius 3 is 2.35 bits per heavy atom. The molecule has 0 saturated carbocycles. The van der Waals surface area contributed by atoms with Crippen molar-refractivity contribution < 1.29 is 4.39 Å². The Morgan fingerprint density at radius 1 is 1.00 bits per heavy atom. The molecule has 0 aromatic heterocycles. The van der Waals surface area contributed by atoms with Crippen LogP contribution in [0.4, 0.5) is 4.39 Å². The van der Waals surface area contributed by atoms with Crippen LogP contribution in [0.25, 0.3) is 0 Å². The molecule has 0 N–H and O–H groups in total.